The molecule has 18 heteroatoms. The highest BCUT2D eigenvalue weighted by Gasteiger charge is 2.55. The van der Waals surface area contributed by atoms with Crippen molar-refractivity contribution in [3.05, 3.63) is 76.8 Å². The van der Waals surface area contributed by atoms with Gasteiger partial charge in [-0.25, -0.2) is 27.8 Å². The Kier molecular flexibility index (Phi) is 9.14. The molecule has 2 aliphatic rings. The summed E-state index contributed by atoms with van der Waals surface area (Å²) < 4.78 is 78.0. The van der Waals surface area contributed by atoms with Crippen LogP contribution in [0, 0.1) is 16.6 Å². The van der Waals surface area contributed by atoms with Gasteiger partial charge in [0.25, 0.3) is 12.3 Å². The number of hydrogen-bond donors (Lipinski definition) is 1. The molecule has 0 spiro atoms. The van der Waals surface area contributed by atoms with Crippen molar-refractivity contribution >= 4 is 29.4 Å². The molecule has 2 aromatic carbocycles. The van der Waals surface area contributed by atoms with E-state index in [-0.39, 0.29) is 45.6 Å². The van der Waals surface area contributed by atoms with Crippen molar-refractivity contribution in [3.8, 4) is 17.1 Å². The molecular formula is C33H33ClF5N9O3. The summed E-state index contributed by atoms with van der Waals surface area (Å²) in [5, 5.41) is 11.1. The third kappa shape index (κ3) is 6.66. The number of halogens is 6. The maximum absolute atomic E-state index is 16.3. The van der Waals surface area contributed by atoms with Crippen molar-refractivity contribution in [1.82, 2.24) is 34.4 Å². The van der Waals surface area contributed by atoms with Crippen molar-refractivity contribution < 1.29 is 36.3 Å². The van der Waals surface area contributed by atoms with E-state index in [4.69, 9.17) is 22.1 Å². The average Bonchev–Trinajstić information content (AvgIpc) is 3.38. The van der Waals surface area contributed by atoms with Gasteiger partial charge in [0.1, 0.15) is 25.1 Å². The normalized spacial score (nSPS) is 19.2. The standard InChI is InChI=1S/C33H33ClF5N9O3/c1-31(2,3)14-33(19-7-5-18(11-21(19)35)25-45-42-16-46(25)29(38)39)27(49)47(30(40)44-33)23(13-51-28(50)32(4)9-10-32)17-6-8-20(34)22(12-17)48-26(24(36)37)41-15-43-48/h5-8,11-12,15-16,23-24,29H,9-10,13-14H2,1-4H3,(H2,40,44)/t23-,33-/m1/s1. The molecule has 1 amide bonds. The highest BCUT2D eigenvalue weighted by molar-refractivity contribution is 6.32. The molecule has 1 aliphatic carbocycles. The van der Waals surface area contributed by atoms with Gasteiger partial charge in [0.05, 0.1) is 22.2 Å². The largest absolute Gasteiger partial charge is 0.463 e. The summed E-state index contributed by atoms with van der Waals surface area (Å²) in [6, 6.07) is 6.64. The predicted molar refractivity (Wildman–Crippen MR) is 173 cm³/mol. The lowest BCUT2D eigenvalue weighted by Crippen LogP contribution is -2.47. The topological polar surface area (TPSA) is 146 Å². The number of hydrogen-bond acceptors (Lipinski definition) is 9. The number of guanidine groups is 1. The van der Waals surface area contributed by atoms with Gasteiger partial charge in [0.15, 0.2) is 23.1 Å². The Morgan fingerprint density at radius 3 is 2.47 bits per heavy atom. The molecule has 2 N–H and O–H groups in total. The molecular weight excluding hydrogens is 701 g/mol. The van der Waals surface area contributed by atoms with E-state index in [0.29, 0.717) is 17.4 Å². The molecule has 2 aromatic heterocycles. The summed E-state index contributed by atoms with van der Waals surface area (Å²) in [5.41, 5.74) is 3.21. The molecule has 12 nitrogen and oxygen atoms in total. The molecule has 4 aromatic rings. The Balaban J connectivity index is 1.45. The molecule has 0 unspecified atom stereocenters. The zero-order valence-electron chi connectivity index (χ0n) is 27.8. The van der Waals surface area contributed by atoms with Gasteiger partial charge < -0.3 is 10.5 Å². The van der Waals surface area contributed by atoms with Crippen molar-refractivity contribution in [2.24, 2.45) is 21.6 Å². The number of carbonyl (C=O) groups excluding carboxylic acids is 2. The third-order valence-electron chi connectivity index (χ3n) is 8.90. The second-order valence-electron chi connectivity index (χ2n) is 14.0. The van der Waals surface area contributed by atoms with Gasteiger partial charge >= 0.3 is 12.5 Å². The predicted octanol–water partition coefficient (Wildman–Crippen LogP) is 6.52. The molecule has 1 aliphatic heterocycles. The van der Waals surface area contributed by atoms with Crippen LogP contribution in [0.4, 0.5) is 22.0 Å². The van der Waals surface area contributed by atoms with Crippen LogP contribution in [0.3, 0.4) is 0 Å². The number of aromatic nitrogens is 6. The van der Waals surface area contributed by atoms with E-state index in [1.54, 1.807) is 6.92 Å². The smallest absolute Gasteiger partial charge is 0.321 e. The molecule has 0 saturated heterocycles. The second kappa shape index (κ2) is 13.0. The van der Waals surface area contributed by atoms with Crippen LogP contribution in [0.25, 0.3) is 17.1 Å². The van der Waals surface area contributed by atoms with Crippen LogP contribution in [-0.4, -0.2) is 58.9 Å². The van der Waals surface area contributed by atoms with Gasteiger partial charge in [-0.1, -0.05) is 50.6 Å². The summed E-state index contributed by atoms with van der Waals surface area (Å²) in [5.74, 6) is -3.56. The molecule has 0 bridgehead atoms. The highest BCUT2D eigenvalue weighted by Crippen LogP contribution is 2.48. The summed E-state index contributed by atoms with van der Waals surface area (Å²) >= 11 is 6.43. The third-order valence-corrected chi connectivity index (χ3v) is 9.22. The summed E-state index contributed by atoms with van der Waals surface area (Å²) in [7, 11) is 0. The van der Waals surface area contributed by atoms with Gasteiger partial charge in [-0.3, -0.25) is 19.1 Å². The number of amides is 1. The van der Waals surface area contributed by atoms with Gasteiger partial charge in [0.2, 0.25) is 0 Å². The highest BCUT2D eigenvalue weighted by atomic mass is 35.5. The summed E-state index contributed by atoms with van der Waals surface area (Å²) in [6.07, 6.45) is -0.106. The quantitative estimate of drug-likeness (QED) is 0.135. The molecule has 3 heterocycles. The van der Waals surface area contributed by atoms with E-state index < -0.39 is 65.5 Å². The monoisotopic (exact) mass is 733 g/mol. The second-order valence-corrected chi connectivity index (χ2v) is 14.4. The summed E-state index contributed by atoms with van der Waals surface area (Å²) in [6.45, 7) is 3.75. The zero-order valence-corrected chi connectivity index (χ0v) is 28.6. The lowest BCUT2D eigenvalue weighted by atomic mass is 9.75. The van der Waals surface area contributed by atoms with E-state index in [0.717, 1.165) is 28.3 Å². The first kappa shape index (κ1) is 35.9. The van der Waals surface area contributed by atoms with E-state index in [2.05, 4.69) is 25.3 Å². The first-order valence-electron chi connectivity index (χ1n) is 15.8. The maximum atomic E-state index is 16.3. The lowest BCUT2D eigenvalue weighted by Gasteiger charge is -2.35. The maximum Gasteiger partial charge on any atom is 0.321 e. The molecule has 1 fully saturated rings. The van der Waals surface area contributed by atoms with Crippen molar-refractivity contribution in [2.75, 3.05) is 6.61 Å². The Bertz CT molecular complexity index is 2020. The number of carbonyl (C=O) groups is 2. The lowest BCUT2D eigenvalue weighted by molar-refractivity contribution is -0.152. The van der Waals surface area contributed by atoms with Gasteiger partial charge in [0, 0.05) is 11.1 Å². The number of benzene rings is 2. The first-order valence-corrected chi connectivity index (χ1v) is 16.2. The number of rotatable bonds is 11. The van der Waals surface area contributed by atoms with Crippen LogP contribution >= 0.6 is 11.6 Å². The molecule has 270 valence electrons. The van der Waals surface area contributed by atoms with Gasteiger partial charge in [-0.2, -0.15) is 13.9 Å². The molecule has 6 rings (SSSR count). The molecule has 0 radical (unpaired) electrons. The Hall–Kier alpha value is -4.93. The van der Waals surface area contributed by atoms with E-state index in [1.807, 2.05) is 20.8 Å². The van der Waals surface area contributed by atoms with Crippen LogP contribution in [0.1, 0.15) is 82.9 Å². The molecule has 1 saturated carbocycles. The minimum Gasteiger partial charge on any atom is -0.463 e. The van der Waals surface area contributed by atoms with Crippen LogP contribution in [-0.2, 0) is 19.9 Å². The van der Waals surface area contributed by atoms with E-state index in [9.17, 15) is 27.2 Å². The van der Waals surface area contributed by atoms with E-state index >= 15 is 4.39 Å². The first-order chi connectivity index (χ1) is 24.0. The molecule has 2 atom stereocenters. The Morgan fingerprint density at radius 2 is 1.84 bits per heavy atom. The average molecular weight is 734 g/mol. The van der Waals surface area contributed by atoms with Gasteiger partial charge in [-0.15, -0.1) is 10.2 Å². The minimum absolute atomic E-state index is 0.00570. The fourth-order valence-corrected chi connectivity index (χ4v) is 6.36. The molecule has 51 heavy (non-hydrogen) atoms. The fourth-order valence-electron chi connectivity index (χ4n) is 6.16. The van der Waals surface area contributed by atoms with Gasteiger partial charge in [-0.05, 0) is 55.4 Å². The number of ether oxygens (including phenoxy) is 1. The van der Waals surface area contributed by atoms with Crippen LogP contribution in [0.5, 0.6) is 0 Å². The minimum atomic E-state index is -3.00. The van der Waals surface area contributed by atoms with Crippen LogP contribution < -0.4 is 5.73 Å². The van der Waals surface area contributed by atoms with Crippen LogP contribution in [0.2, 0.25) is 5.02 Å². The zero-order chi connectivity index (χ0) is 37.0. The van der Waals surface area contributed by atoms with E-state index in [1.165, 1.54) is 30.3 Å². The van der Waals surface area contributed by atoms with Crippen molar-refractivity contribution in [3.63, 3.8) is 0 Å². The van der Waals surface area contributed by atoms with Crippen molar-refractivity contribution in [2.45, 2.75) is 71.5 Å². The number of esters is 1. The van der Waals surface area contributed by atoms with Crippen LogP contribution in [0.15, 0.2) is 54.0 Å². The Morgan fingerprint density at radius 1 is 1.12 bits per heavy atom. The number of alkyl halides is 4. The van der Waals surface area contributed by atoms with Crippen molar-refractivity contribution in [1.29, 1.82) is 0 Å². The fraction of sp³-hybridized carbons (Fsp3) is 0.424. The number of aliphatic imine (C=N–C) groups is 1. The SMILES string of the molecule is CC(C)(C)C[C@]1(c2ccc(-c3nncn3C(F)F)cc2F)N=C(N)N([C@H](COC(=O)C2(C)CC2)c2ccc(Cl)c(-n3ncnc3C(F)F)c2)C1=O. The number of nitrogens with zero attached hydrogens (tertiary/aromatic N) is 8. The Labute approximate surface area is 293 Å². The number of nitrogens with two attached hydrogens (primary N) is 1. The summed E-state index contributed by atoms with van der Waals surface area (Å²) in [4.78, 5) is 37.2.